The third-order valence-corrected chi connectivity index (χ3v) is 5.71. The molecule has 29 heavy (non-hydrogen) atoms. The Morgan fingerprint density at radius 1 is 1.21 bits per heavy atom. The van der Waals surface area contributed by atoms with Crippen LogP contribution in [-0.4, -0.2) is 20.7 Å². The van der Waals surface area contributed by atoms with Crippen LogP contribution in [0, 0.1) is 11.6 Å². The van der Waals surface area contributed by atoms with Gasteiger partial charge < -0.3 is 5.32 Å². The van der Waals surface area contributed by atoms with E-state index >= 15 is 0 Å². The Labute approximate surface area is 171 Å². The zero-order valence-electron chi connectivity index (χ0n) is 16.3. The van der Waals surface area contributed by atoms with Crippen LogP contribution in [-0.2, 0) is 4.79 Å². The van der Waals surface area contributed by atoms with Crippen LogP contribution < -0.4 is 10.9 Å². The number of carbonyl (C=O) groups is 1. The zero-order valence-corrected chi connectivity index (χ0v) is 17.1. The van der Waals surface area contributed by atoms with Crippen molar-refractivity contribution < 1.29 is 13.6 Å². The summed E-state index contributed by atoms with van der Waals surface area (Å²) < 4.78 is 28.5. The van der Waals surface area contributed by atoms with E-state index in [4.69, 9.17) is 0 Å². The van der Waals surface area contributed by atoms with Crippen LogP contribution in [0.4, 0.5) is 14.5 Å². The first-order valence-corrected chi connectivity index (χ1v) is 10.1. The number of hydrogen-bond acceptors (Lipinski definition) is 4. The minimum atomic E-state index is -0.851. The number of hydrogen-bond donors (Lipinski definition) is 1. The quantitative estimate of drug-likeness (QED) is 0.464. The van der Waals surface area contributed by atoms with Gasteiger partial charge in [0.05, 0.1) is 21.8 Å². The van der Waals surface area contributed by atoms with E-state index in [2.05, 4.69) is 10.3 Å². The van der Waals surface area contributed by atoms with E-state index in [1.165, 1.54) is 6.07 Å². The van der Waals surface area contributed by atoms with E-state index in [1.807, 2.05) is 13.8 Å². The van der Waals surface area contributed by atoms with Crippen molar-refractivity contribution in [3.63, 3.8) is 0 Å². The molecule has 3 rings (SSSR count). The van der Waals surface area contributed by atoms with Gasteiger partial charge in [-0.05, 0) is 44.5 Å². The van der Waals surface area contributed by atoms with E-state index in [0.717, 1.165) is 24.2 Å². The SMILES string of the molecule is CC[C@H](C)n1c(S[C@@H](C)C(=O)Nc2ccc(F)cc2F)nc2ccccc2c1=O. The van der Waals surface area contributed by atoms with Gasteiger partial charge in [-0.1, -0.05) is 30.8 Å². The van der Waals surface area contributed by atoms with Gasteiger partial charge in [0.1, 0.15) is 11.6 Å². The van der Waals surface area contributed by atoms with E-state index < -0.39 is 22.8 Å². The molecular formula is C21H21F2N3O2S. The summed E-state index contributed by atoms with van der Waals surface area (Å²) >= 11 is 1.12. The Hall–Kier alpha value is -2.74. The number of benzene rings is 2. The van der Waals surface area contributed by atoms with Gasteiger partial charge >= 0.3 is 0 Å². The molecule has 0 bridgehead atoms. The van der Waals surface area contributed by atoms with Crippen LogP contribution in [0.1, 0.15) is 33.2 Å². The molecule has 0 aliphatic carbocycles. The maximum Gasteiger partial charge on any atom is 0.262 e. The number of halogens is 2. The van der Waals surface area contributed by atoms with Crippen LogP contribution in [0.25, 0.3) is 10.9 Å². The van der Waals surface area contributed by atoms with Gasteiger partial charge in [0.15, 0.2) is 5.16 Å². The van der Waals surface area contributed by atoms with Gasteiger partial charge in [-0.25, -0.2) is 13.8 Å². The second-order valence-electron chi connectivity index (χ2n) is 6.72. The summed E-state index contributed by atoms with van der Waals surface area (Å²) in [4.78, 5) is 30.1. The maximum atomic E-state index is 13.8. The molecule has 2 atom stereocenters. The Morgan fingerprint density at radius 2 is 1.93 bits per heavy atom. The lowest BCUT2D eigenvalue weighted by molar-refractivity contribution is -0.115. The molecule has 3 aromatic rings. The standard InChI is InChI=1S/C21H21F2N3O2S/c1-4-12(2)26-20(28)15-7-5-6-8-17(15)25-21(26)29-13(3)19(27)24-18-10-9-14(22)11-16(18)23/h5-13H,4H2,1-3H3,(H,24,27)/t12-,13-/m0/s1. The average molecular weight is 417 g/mol. The van der Waals surface area contributed by atoms with E-state index in [-0.39, 0.29) is 17.3 Å². The zero-order chi connectivity index (χ0) is 21.1. The maximum absolute atomic E-state index is 13.8. The number of aromatic nitrogens is 2. The molecule has 1 heterocycles. The van der Waals surface area contributed by atoms with Crippen LogP contribution in [0.15, 0.2) is 52.4 Å². The van der Waals surface area contributed by atoms with Gasteiger partial charge in [-0.15, -0.1) is 0 Å². The monoisotopic (exact) mass is 417 g/mol. The fraction of sp³-hybridized carbons (Fsp3) is 0.286. The molecule has 1 aromatic heterocycles. The molecular weight excluding hydrogens is 396 g/mol. The van der Waals surface area contributed by atoms with Gasteiger partial charge in [-0.2, -0.15) is 0 Å². The first kappa shape index (κ1) is 21.0. The summed E-state index contributed by atoms with van der Waals surface area (Å²) in [5.41, 5.74) is 0.288. The number of thioether (sulfide) groups is 1. The first-order chi connectivity index (χ1) is 13.8. The van der Waals surface area contributed by atoms with Crippen molar-refractivity contribution in [2.75, 3.05) is 5.32 Å². The highest BCUT2D eigenvalue weighted by Crippen LogP contribution is 2.27. The van der Waals surface area contributed by atoms with Gasteiger partial charge in [-0.3, -0.25) is 14.2 Å². The van der Waals surface area contributed by atoms with Gasteiger partial charge in [0, 0.05) is 12.1 Å². The van der Waals surface area contributed by atoms with Crippen LogP contribution >= 0.6 is 11.8 Å². The van der Waals surface area contributed by atoms with Crippen molar-refractivity contribution in [2.24, 2.45) is 0 Å². The van der Waals surface area contributed by atoms with Gasteiger partial charge in [0.25, 0.3) is 5.56 Å². The van der Waals surface area contributed by atoms with Crippen molar-refractivity contribution in [3.05, 3.63) is 64.5 Å². The highest BCUT2D eigenvalue weighted by Gasteiger charge is 2.22. The lowest BCUT2D eigenvalue weighted by Gasteiger charge is -2.20. The minimum absolute atomic E-state index is 0.102. The number of amides is 1. The molecule has 1 amide bonds. The number of fused-ring (bicyclic) bond motifs is 1. The molecule has 0 spiro atoms. The summed E-state index contributed by atoms with van der Waals surface area (Å²) in [7, 11) is 0. The average Bonchev–Trinajstić information content (AvgIpc) is 2.69. The predicted octanol–water partition coefficient (Wildman–Crippen LogP) is 4.77. The van der Waals surface area contributed by atoms with Gasteiger partial charge in [0.2, 0.25) is 5.91 Å². The third kappa shape index (κ3) is 4.48. The fourth-order valence-corrected chi connectivity index (χ4v) is 3.83. The lowest BCUT2D eigenvalue weighted by atomic mass is 10.2. The number of nitrogens with zero attached hydrogens (tertiary/aromatic N) is 2. The lowest BCUT2D eigenvalue weighted by Crippen LogP contribution is -2.28. The smallest absolute Gasteiger partial charge is 0.262 e. The van der Waals surface area contributed by atoms with Crippen LogP contribution in [0.5, 0.6) is 0 Å². The largest absolute Gasteiger partial charge is 0.323 e. The topological polar surface area (TPSA) is 64.0 Å². The van der Waals surface area contributed by atoms with Crippen molar-refractivity contribution in [2.45, 2.75) is 43.6 Å². The van der Waals surface area contributed by atoms with Crippen molar-refractivity contribution in [1.82, 2.24) is 9.55 Å². The van der Waals surface area contributed by atoms with E-state index in [1.54, 1.807) is 35.8 Å². The number of rotatable bonds is 6. The molecule has 0 fully saturated rings. The Morgan fingerprint density at radius 3 is 2.62 bits per heavy atom. The third-order valence-electron chi connectivity index (χ3n) is 4.65. The molecule has 0 saturated carbocycles. The first-order valence-electron chi connectivity index (χ1n) is 9.25. The summed E-state index contributed by atoms with van der Waals surface area (Å²) in [6.45, 7) is 5.53. The summed E-state index contributed by atoms with van der Waals surface area (Å²) in [6.07, 6.45) is 0.717. The normalized spacial score (nSPS) is 13.3. The molecule has 152 valence electrons. The number of nitrogens with one attached hydrogen (secondary N) is 1. The van der Waals surface area contributed by atoms with Crippen molar-refractivity contribution >= 4 is 34.3 Å². The summed E-state index contributed by atoms with van der Waals surface area (Å²) in [5, 5.41) is 2.73. The Bertz CT molecular complexity index is 1120. The Kier molecular flexibility index (Phi) is 6.32. The molecule has 1 N–H and O–H groups in total. The molecule has 2 aromatic carbocycles. The second-order valence-corrected chi connectivity index (χ2v) is 8.03. The number of carbonyl (C=O) groups excluding carboxylic acids is 1. The molecule has 8 heteroatoms. The highest BCUT2D eigenvalue weighted by atomic mass is 32.2. The number of para-hydroxylation sites is 1. The molecule has 0 radical (unpaired) electrons. The minimum Gasteiger partial charge on any atom is -0.323 e. The second kappa shape index (κ2) is 8.73. The summed E-state index contributed by atoms with van der Waals surface area (Å²) in [5.74, 6) is -2.05. The molecule has 0 saturated heterocycles. The van der Waals surface area contributed by atoms with Crippen LogP contribution in [0.3, 0.4) is 0 Å². The summed E-state index contributed by atoms with van der Waals surface area (Å²) in [6, 6.07) is 9.90. The van der Waals surface area contributed by atoms with E-state index in [0.29, 0.717) is 22.1 Å². The number of anilines is 1. The highest BCUT2D eigenvalue weighted by molar-refractivity contribution is 8.00. The fourth-order valence-electron chi connectivity index (χ4n) is 2.82. The molecule has 0 unspecified atom stereocenters. The van der Waals surface area contributed by atoms with Crippen molar-refractivity contribution in [1.29, 1.82) is 0 Å². The van der Waals surface area contributed by atoms with Crippen molar-refractivity contribution in [3.8, 4) is 0 Å². The molecule has 5 nitrogen and oxygen atoms in total. The predicted molar refractivity (Wildman–Crippen MR) is 111 cm³/mol. The molecule has 0 aliphatic rings. The molecule has 0 aliphatic heterocycles. The Balaban J connectivity index is 1.91. The van der Waals surface area contributed by atoms with Crippen LogP contribution in [0.2, 0.25) is 0 Å². The van der Waals surface area contributed by atoms with E-state index in [9.17, 15) is 18.4 Å².